The van der Waals surface area contributed by atoms with Crippen molar-refractivity contribution in [3.8, 4) is 0 Å². The summed E-state index contributed by atoms with van der Waals surface area (Å²) in [5.74, 6) is -1.74. The van der Waals surface area contributed by atoms with Crippen LogP contribution in [0.1, 0.15) is 31.7 Å². The molecule has 0 bridgehead atoms. The average Bonchev–Trinajstić information content (AvgIpc) is 2.86. The van der Waals surface area contributed by atoms with Crippen molar-refractivity contribution in [1.29, 1.82) is 0 Å². The number of aliphatic carboxylic acids is 1. The van der Waals surface area contributed by atoms with Gasteiger partial charge >= 0.3 is 5.97 Å². The van der Waals surface area contributed by atoms with Gasteiger partial charge in [-0.25, -0.2) is 0 Å². The minimum atomic E-state index is -0.868. The molecule has 3 atom stereocenters. The number of aromatic nitrogens is 1. The highest BCUT2D eigenvalue weighted by atomic mass is 16.4. The van der Waals surface area contributed by atoms with Crippen molar-refractivity contribution in [2.75, 3.05) is 5.32 Å². The number of hydrogen-bond donors (Lipinski definition) is 2. The summed E-state index contributed by atoms with van der Waals surface area (Å²) in [5, 5.41) is 12.1. The molecule has 0 saturated heterocycles. The zero-order valence-electron chi connectivity index (χ0n) is 11.8. The van der Waals surface area contributed by atoms with Gasteiger partial charge in [-0.3, -0.25) is 14.6 Å². The molecule has 108 valence electrons. The number of amides is 1. The molecular weight excluding hydrogens is 256 g/mol. The van der Waals surface area contributed by atoms with Gasteiger partial charge in [0.2, 0.25) is 5.91 Å². The fraction of sp³-hybridized carbons (Fsp3) is 0.533. The fourth-order valence-electron chi connectivity index (χ4n) is 2.88. The summed E-state index contributed by atoms with van der Waals surface area (Å²) in [7, 11) is 0. The van der Waals surface area contributed by atoms with E-state index >= 15 is 0 Å². The van der Waals surface area contributed by atoms with E-state index in [0.29, 0.717) is 24.4 Å². The second-order valence-electron chi connectivity index (χ2n) is 5.48. The number of rotatable bonds is 4. The summed E-state index contributed by atoms with van der Waals surface area (Å²) in [6.45, 7) is 3.90. The smallest absolute Gasteiger partial charge is 0.307 e. The van der Waals surface area contributed by atoms with Crippen molar-refractivity contribution in [3.05, 3.63) is 24.0 Å². The van der Waals surface area contributed by atoms with E-state index in [4.69, 9.17) is 0 Å². The number of carbonyl (C=O) groups is 2. The number of nitrogens with zero attached hydrogens (tertiary/aromatic N) is 1. The molecule has 0 aliphatic heterocycles. The first-order chi connectivity index (χ1) is 9.52. The number of aryl methyl sites for hydroxylation is 1. The number of carbonyl (C=O) groups excluding carboxylic acids is 1. The molecule has 1 aliphatic rings. The van der Waals surface area contributed by atoms with Crippen molar-refractivity contribution in [2.24, 2.45) is 17.8 Å². The van der Waals surface area contributed by atoms with E-state index in [1.807, 2.05) is 13.8 Å². The number of anilines is 1. The van der Waals surface area contributed by atoms with Gasteiger partial charge in [-0.1, -0.05) is 13.3 Å². The Kier molecular flexibility index (Phi) is 4.37. The third-order valence-corrected chi connectivity index (χ3v) is 4.17. The second kappa shape index (κ2) is 6.03. The van der Waals surface area contributed by atoms with Crippen molar-refractivity contribution in [1.82, 2.24) is 4.98 Å². The molecule has 20 heavy (non-hydrogen) atoms. The Balaban J connectivity index is 2.11. The van der Waals surface area contributed by atoms with Crippen LogP contribution in [-0.4, -0.2) is 22.0 Å². The van der Waals surface area contributed by atoms with Crippen LogP contribution < -0.4 is 5.32 Å². The topological polar surface area (TPSA) is 79.3 Å². The van der Waals surface area contributed by atoms with Gasteiger partial charge in [-0.2, -0.15) is 0 Å². The van der Waals surface area contributed by atoms with Crippen molar-refractivity contribution < 1.29 is 14.7 Å². The second-order valence-corrected chi connectivity index (χ2v) is 5.48. The molecule has 1 aromatic rings. The molecule has 5 nitrogen and oxygen atoms in total. The number of pyridine rings is 1. The van der Waals surface area contributed by atoms with Crippen molar-refractivity contribution in [2.45, 2.75) is 33.1 Å². The molecule has 1 saturated carbocycles. The average molecular weight is 276 g/mol. The number of hydrogen-bond acceptors (Lipinski definition) is 3. The fourth-order valence-corrected chi connectivity index (χ4v) is 2.88. The van der Waals surface area contributed by atoms with Gasteiger partial charge in [0.15, 0.2) is 0 Å². The molecule has 2 N–H and O–H groups in total. The highest BCUT2D eigenvalue weighted by Crippen LogP contribution is 2.39. The summed E-state index contributed by atoms with van der Waals surface area (Å²) >= 11 is 0. The largest absolute Gasteiger partial charge is 0.481 e. The van der Waals surface area contributed by atoms with Crippen LogP contribution in [0.4, 0.5) is 5.69 Å². The number of nitrogens with one attached hydrogen (secondary N) is 1. The molecule has 0 radical (unpaired) electrons. The van der Waals surface area contributed by atoms with Crippen LogP contribution in [0.2, 0.25) is 0 Å². The lowest BCUT2D eigenvalue weighted by Gasteiger charge is -2.16. The van der Waals surface area contributed by atoms with Crippen LogP contribution in [0.3, 0.4) is 0 Å². The van der Waals surface area contributed by atoms with Crippen LogP contribution in [0.5, 0.6) is 0 Å². The van der Waals surface area contributed by atoms with Crippen LogP contribution in [0.25, 0.3) is 0 Å². The lowest BCUT2D eigenvalue weighted by atomic mass is 9.95. The summed E-state index contributed by atoms with van der Waals surface area (Å²) in [6, 6.07) is 1.73. The maximum Gasteiger partial charge on any atom is 0.307 e. The molecule has 1 aromatic heterocycles. The van der Waals surface area contributed by atoms with E-state index in [2.05, 4.69) is 10.3 Å². The van der Waals surface area contributed by atoms with E-state index in [9.17, 15) is 14.7 Å². The summed E-state index contributed by atoms with van der Waals surface area (Å²) < 4.78 is 0. The molecule has 5 heteroatoms. The third kappa shape index (κ3) is 2.98. The molecule has 1 heterocycles. The van der Waals surface area contributed by atoms with Crippen molar-refractivity contribution >= 4 is 17.6 Å². The summed E-state index contributed by atoms with van der Waals surface area (Å²) in [4.78, 5) is 27.6. The lowest BCUT2D eigenvalue weighted by Crippen LogP contribution is -2.30. The highest BCUT2D eigenvalue weighted by molar-refractivity contribution is 5.95. The maximum absolute atomic E-state index is 12.3. The minimum Gasteiger partial charge on any atom is -0.481 e. The Hall–Kier alpha value is -1.91. The standard InChI is InChI=1S/C15H20N2O3/c1-3-10-6-11(12(7-10)15(19)20)14(18)17-13-4-5-16-8-9(13)2/h4-5,8,10-12H,3,6-7H2,1-2H3,(H,19,20)(H,16,17,18)/t10?,11-,12+/m0/s1. The Bertz CT molecular complexity index is 516. The van der Waals surface area contributed by atoms with E-state index in [0.717, 1.165) is 12.0 Å². The Morgan fingerprint density at radius 3 is 2.70 bits per heavy atom. The monoisotopic (exact) mass is 276 g/mol. The zero-order chi connectivity index (χ0) is 14.7. The van der Waals surface area contributed by atoms with Gasteiger partial charge in [0.05, 0.1) is 11.8 Å². The van der Waals surface area contributed by atoms with E-state index in [1.54, 1.807) is 18.5 Å². The predicted octanol–water partition coefficient (Wildman–Crippen LogP) is 2.47. The van der Waals surface area contributed by atoms with Gasteiger partial charge in [0.25, 0.3) is 0 Å². The normalized spacial score (nSPS) is 25.4. The van der Waals surface area contributed by atoms with Gasteiger partial charge in [0, 0.05) is 18.1 Å². The predicted molar refractivity (Wildman–Crippen MR) is 75.2 cm³/mol. The van der Waals surface area contributed by atoms with Gasteiger partial charge in [-0.05, 0) is 37.3 Å². The Morgan fingerprint density at radius 2 is 2.10 bits per heavy atom. The van der Waals surface area contributed by atoms with E-state index in [1.165, 1.54) is 0 Å². The minimum absolute atomic E-state index is 0.192. The molecule has 0 spiro atoms. The lowest BCUT2D eigenvalue weighted by molar-refractivity contribution is -0.145. The molecule has 1 fully saturated rings. The quantitative estimate of drug-likeness (QED) is 0.885. The number of carboxylic acid groups (broad SMARTS) is 1. The molecule has 1 unspecified atom stereocenters. The molecule has 1 aliphatic carbocycles. The third-order valence-electron chi connectivity index (χ3n) is 4.17. The first-order valence-corrected chi connectivity index (χ1v) is 6.97. The number of carboxylic acids is 1. The Labute approximate surface area is 118 Å². The van der Waals surface area contributed by atoms with Gasteiger partial charge < -0.3 is 10.4 Å². The Morgan fingerprint density at radius 1 is 1.40 bits per heavy atom. The first-order valence-electron chi connectivity index (χ1n) is 6.97. The molecule has 0 aromatic carbocycles. The summed E-state index contributed by atoms with van der Waals surface area (Å²) in [5.41, 5.74) is 1.58. The highest BCUT2D eigenvalue weighted by Gasteiger charge is 2.42. The SMILES string of the molecule is CCC1C[C@H](C(=O)Nc2ccncc2C)[C@H](C(=O)O)C1. The van der Waals surface area contributed by atoms with Crippen LogP contribution >= 0.6 is 0 Å². The van der Waals surface area contributed by atoms with E-state index < -0.39 is 17.8 Å². The molecular formula is C15H20N2O3. The van der Waals surface area contributed by atoms with Crippen molar-refractivity contribution in [3.63, 3.8) is 0 Å². The van der Waals surface area contributed by atoms with Crippen LogP contribution in [0, 0.1) is 24.7 Å². The van der Waals surface area contributed by atoms with E-state index in [-0.39, 0.29) is 5.91 Å². The first kappa shape index (κ1) is 14.5. The molecule has 1 amide bonds. The zero-order valence-corrected chi connectivity index (χ0v) is 11.8. The van der Waals surface area contributed by atoms with Gasteiger partial charge in [-0.15, -0.1) is 0 Å². The van der Waals surface area contributed by atoms with Crippen LogP contribution in [0.15, 0.2) is 18.5 Å². The molecule has 2 rings (SSSR count). The van der Waals surface area contributed by atoms with Gasteiger partial charge in [0.1, 0.15) is 0 Å². The maximum atomic E-state index is 12.3. The summed E-state index contributed by atoms with van der Waals surface area (Å²) in [6.07, 6.45) is 5.46. The van der Waals surface area contributed by atoms with Crippen LogP contribution in [-0.2, 0) is 9.59 Å².